The molecule has 26 heavy (non-hydrogen) atoms. The summed E-state index contributed by atoms with van der Waals surface area (Å²) in [4.78, 5) is 14.9. The lowest BCUT2D eigenvalue weighted by molar-refractivity contribution is 0.0729. The number of hydrogen-bond acceptors (Lipinski definition) is 2. The molecule has 2 heterocycles. The Morgan fingerprint density at radius 3 is 2.38 bits per heavy atom. The van der Waals surface area contributed by atoms with Gasteiger partial charge < -0.3 is 4.90 Å². The maximum Gasteiger partial charge on any atom is 0.258 e. The Hall–Kier alpha value is -2.30. The predicted octanol–water partition coefficient (Wildman–Crippen LogP) is 5.21. The summed E-state index contributed by atoms with van der Waals surface area (Å²) in [6.45, 7) is 4.52. The minimum absolute atomic E-state index is 0.00162. The van der Waals surface area contributed by atoms with Crippen LogP contribution in [0.25, 0.3) is 16.9 Å². The number of rotatable bonds is 3. The van der Waals surface area contributed by atoms with Crippen LogP contribution in [0.4, 0.5) is 0 Å². The molecule has 1 amide bonds. The molecule has 0 bridgehead atoms. The topological polar surface area (TPSA) is 38.1 Å². The number of carbonyl (C=O) groups is 1. The van der Waals surface area contributed by atoms with E-state index >= 15 is 0 Å². The number of benzene rings is 2. The van der Waals surface area contributed by atoms with Crippen molar-refractivity contribution in [2.75, 3.05) is 0 Å². The van der Waals surface area contributed by atoms with Crippen molar-refractivity contribution in [2.45, 2.75) is 26.4 Å². The average molecular weight is 386 g/mol. The molecule has 0 spiro atoms. The zero-order chi connectivity index (χ0) is 18.4. The van der Waals surface area contributed by atoms with Gasteiger partial charge in [-0.15, -0.1) is 0 Å². The third kappa shape index (κ3) is 2.70. The monoisotopic (exact) mass is 385 g/mol. The average Bonchev–Trinajstić information content (AvgIpc) is 3.13. The van der Waals surface area contributed by atoms with Crippen LogP contribution in [-0.4, -0.2) is 26.6 Å². The molecule has 0 saturated carbocycles. The maximum absolute atomic E-state index is 13.0. The Bertz CT molecular complexity index is 993. The quantitative estimate of drug-likeness (QED) is 0.620. The molecular weight excluding hydrogens is 369 g/mol. The van der Waals surface area contributed by atoms with E-state index in [1.165, 1.54) is 0 Å². The van der Waals surface area contributed by atoms with Crippen LogP contribution in [0.1, 0.15) is 29.9 Å². The minimum Gasteiger partial charge on any atom is -0.330 e. The molecule has 1 aromatic heterocycles. The van der Waals surface area contributed by atoms with Crippen molar-refractivity contribution in [1.29, 1.82) is 0 Å². The Morgan fingerprint density at radius 1 is 1.04 bits per heavy atom. The fourth-order valence-electron chi connectivity index (χ4n) is 3.26. The number of fused-ring (bicyclic) bond motifs is 1. The lowest BCUT2D eigenvalue weighted by Crippen LogP contribution is -2.31. The van der Waals surface area contributed by atoms with Gasteiger partial charge in [0.15, 0.2) is 0 Å². The molecule has 6 heteroatoms. The molecule has 132 valence electrons. The van der Waals surface area contributed by atoms with E-state index in [-0.39, 0.29) is 11.9 Å². The van der Waals surface area contributed by atoms with Gasteiger partial charge in [-0.3, -0.25) is 4.79 Å². The Balaban J connectivity index is 1.97. The number of para-hydroxylation sites is 1. The van der Waals surface area contributed by atoms with Crippen LogP contribution in [0.2, 0.25) is 10.0 Å². The standard InChI is InChI=1S/C20H17Cl2N3O/c1-12(2)24-11-16-18(20(24)26)19(13-7-9-14(21)10-8-13)25(23-16)17-6-4-3-5-15(17)22/h3-10,12H,11H2,1-2H3. The molecule has 1 aliphatic heterocycles. The van der Waals surface area contributed by atoms with Gasteiger partial charge in [-0.1, -0.05) is 47.5 Å². The summed E-state index contributed by atoms with van der Waals surface area (Å²) in [5, 5.41) is 5.96. The van der Waals surface area contributed by atoms with Crippen LogP contribution in [0.15, 0.2) is 48.5 Å². The van der Waals surface area contributed by atoms with E-state index in [1.54, 1.807) is 4.68 Å². The van der Waals surface area contributed by atoms with E-state index in [9.17, 15) is 4.79 Å². The molecule has 0 saturated heterocycles. The summed E-state index contributed by atoms with van der Waals surface area (Å²) in [5.41, 5.74) is 3.78. The van der Waals surface area contributed by atoms with Crippen LogP contribution in [0.3, 0.4) is 0 Å². The van der Waals surface area contributed by atoms with Gasteiger partial charge in [0.25, 0.3) is 5.91 Å². The van der Waals surface area contributed by atoms with Crippen LogP contribution < -0.4 is 0 Å². The maximum atomic E-state index is 13.0. The zero-order valence-electron chi connectivity index (χ0n) is 14.4. The van der Waals surface area contributed by atoms with Gasteiger partial charge in [-0.05, 0) is 38.1 Å². The normalized spacial score (nSPS) is 13.6. The molecule has 0 radical (unpaired) electrons. The molecule has 1 aliphatic rings. The number of hydrogen-bond donors (Lipinski definition) is 0. The van der Waals surface area contributed by atoms with Crippen molar-refractivity contribution < 1.29 is 4.79 Å². The number of aromatic nitrogens is 2. The summed E-state index contributed by atoms with van der Waals surface area (Å²) >= 11 is 12.5. The van der Waals surface area contributed by atoms with Crippen molar-refractivity contribution in [3.8, 4) is 16.9 Å². The van der Waals surface area contributed by atoms with E-state index in [1.807, 2.05) is 67.3 Å². The van der Waals surface area contributed by atoms with Gasteiger partial charge in [0.2, 0.25) is 0 Å². The Kier molecular flexibility index (Phi) is 4.25. The summed E-state index contributed by atoms with van der Waals surface area (Å²) in [7, 11) is 0. The molecule has 0 atom stereocenters. The van der Waals surface area contributed by atoms with Gasteiger partial charge in [0.1, 0.15) is 0 Å². The van der Waals surface area contributed by atoms with E-state index < -0.39 is 0 Å². The number of amides is 1. The van der Waals surface area contributed by atoms with Crippen LogP contribution in [-0.2, 0) is 6.54 Å². The number of halogens is 2. The molecule has 0 aliphatic carbocycles. The smallest absolute Gasteiger partial charge is 0.258 e. The highest BCUT2D eigenvalue weighted by Crippen LogP contribution is 2.37. The molecular formula is C20H17Cl2N3O. The zero-order valence-corrected chi connectivity index (χ0v) is 15.9. The molecule has 0 unspecified atom stereocenters. The van der Waals surface area contributed by atoms with Crippen molar-refractivity contribution in [1.82, 2.24) is 14.7 Å². The first-order valence-corrected chi connectivity index (χ1v) is 9.16. The van der Waals surface area contributed by atoms with Crippen LogP contribution in [0, 0.1) is 0 Å². The lowest BCUT2D eigenvalue weighted by Gasteiger charge is -2.21. The minimum atomic E-state index is -0.00162. The van der Waals surface area contributed by atoms with E-state index in [0.29, 0.717) is 22.2 Å². The van der Waals surface area contributed by atoms with Crippen LogP contribution in [0.5, 0.6) is 0 Å². The fourth-order valence-corrected chi connectivity index (χ4v) is 3.61. The van der Waals surface area contributed by atoms with Gasteiger partial charge in [-0.25, -0.2) is 4.68 Å². The van der Waals surface area contributed by atoms with E-state index in [0.717, 1.165) is 22.6 Å². The highest BCUT2D eigenvalue weighted by atomic mass is 35.5. The SMILES string of the molecule is CC(C)N1Cc2nn(-c3ccccc3Cl)c(-c3ccc(Cl)cc3)c2C1=O. The van der Waals surface area contributed by atoms with Crippen molar-refractivity contribution >= 4 is 29.1 Å². The van der Waals surface area contributed by atoms with Gasteiger partial charge in [0, 0.05) is 16.6 Å². The lowest BCUT2D eigenvalue weighted by atomic mass is 10.1. The number of nitrogens with zero attached hydrogens (tertiary/aromatic N) is 3. The molecule has 3 aromatic rings. The van der Waals surface area contributed by atoms with E-state index in [4.69, 9.17) is 28.3 Å². The first-order chi connectivity index (χ1) is 12.5. The van der Waals surface area contributed by atoms with E-state index in [2.05, 4.69) is 0 Å². The van der Waals surface area contributed by atoms with Crippen LogP contribution >= 0.6 is 23.2 Å². The highest BCUT2D eigenvalue weighted by molar-refractivity contribution is 6.32. The van der Waals surface area contributed by atoms with Gasteiger partial charge >= 0.3 is 0 Å². The second-order valence-corrected chi connectivity index (χ2v) is 7.41. The van der Waals surface area contributed by atoms with Gasteiger partial charge in [0.05, 0.1) is 34.2 Å². The van der Waals surface area contributed by atoms with Crippen molar-refractivity contribution in [3.05, 3.63) is 69.8 Å². The molecule has 0 fully saturated rings. The second kappa shape index (κ2) is 6.45. The predicted molar refractivity (Wildman–Crippen MR) is 104 cm³/mol. The molecule has 4 rings (SSSR count). The summed E-state index contributed by atoms with van der Waals surface area (Å²) in [6, 6.07) is 15.0. The van der Waals surface area contributed by atoms with Gasteiger partial charge in [-0.2, -0.15) is 5.10 Å². The first-order valence-electron chi connectivity index (χ1n) is 8.41. The fraction of sp³-hybridized carbons (Fsp3) is 0.200. The summed E-state index contributed by atoms with van der Waals surface area (Å²) < 4.78 is 1.77. The summed E-state index contributed by atoms with van der Waals surface area (Å²) in [5.74, 6) is -0.00162. The molecule has 0 N–H and O–H groups in total. The van der Waals surface area contributed by atoms with Crippen molar-refractivity contribution in [3.63, 3.8) is 0 Å². The Labute approximate surface area is 161 Å². The second-order valence-electron chi connectivity index (χ2n) is 6.57. The summed E-state index contributed by atoms with van der Waals surface area (Å²) in [6.07, 6.45) is 0. The largest absolute Gasteiger partial charge is 0.330 e. The Morgan fingerprint density at radius 2 is 1.73 bits per heavy atom. The molecule has 2 aromatic carbocycles. The number of carbonyl (C=O) groups excluding carboxylic acids is 1. The third-order valence-corrected chi connectivity index (χ3v) is 5.15. The molecule has 4 nitrogen and oxygen atoms in total. The highest BCUT2D eigenvalue weighted by Gasteiger charge is 2.36. The third-order valence-electron chi connectivity index (χ3n) is 4.57. The first kappa shape index (κ1) is 17.1. The van der Waals surface area contributed by atoms with Crippen molar-refractivity contribution in [2.24, 2.45) is 0 Å².